The van der Waals surface area contributed by atoms with E-state index >= 15 is 0 Å². The third-order valence-corrected chi connectivity index (χ3v) is 4.70. The standard InChI is InChI=1S/C12H27N5/c1-11(9-15-12(13)14)10-17-6-3-16(2,4-7-17)5-8-17/h11H,3-10H2,1-2H3,(H4,13,14,15)/q+2/p+1/t11-,16?,17?/m0/s1. The van der Waals surface area contributed by atoms with E-state index in [0.717, 1.165) is 6.54 Å². The molecule has 0 unspecified atom stereocenters. The third kappa shape index (κ3) is 2.90. The minimum absolute atomic E-state index is 0.346. The molecule has 3 rings (SSSR count). The van der Waals surface area contributed by atoms with E-state index in [2.05, 4.69) is 19.0 Å². The highest BCUT2D eigenvalue weighted by atomic mass is 15.5. The number of piperazine rings is 3. The number of hydrogen-bond donors (Lipinski definition) is 3. The summed E-state index contributed by atoms with van der Waals surface area (Å²) in [6.07, 6.45) is 0. The van der Waals surface area contributed by atoms with Crippen LogP contribution in [0.4, 0.5) is 0 Å². The van der Waals surface area contributed by atoms with Gasteiger partial charge in [0.2, 0.25) is 0 Å². The molecule has 5 heteroatoms. The Morgan fingerprint density at radius 3 is 2.12 bits per heavy atom. The van der Waals surface area contributed by atoms with Gasteiger partial charge in [-0.3, -0.25) is 16.5 Å². The zero-order chi connectivity index (χ0) is 12.5. The Morgan fingerprint density at radius 1 is 1.12 bits per heavy atom. The first-order chi connectivity index (χ1) is 7.93. The van der Waals surface area contributed by atoms with Crippen molar-refractivity contribution in [3.8, 4) is 0 Å². The van der Waals surface area contributed by atoms with Crippen LogP contribution in [0.15, 0.2) is 0 Å². The Bertz CT molecular complexity index is 283. The van der Waals surface area contributed by atoms with Gasteiger partial charge in [0.15, 0.2) is 0 Å². The van der Waals surface area contributed by atoms with E-state index in [4.69, 9.17) is 11.5 Å². The molecule has 3 saturated heterocycles. The van der Waals surface area contributed by atoms with Crippen LogP contribution in [0.1, 0.15) is 6.92 Å². The lowest BCUT2D eigenvalue weighted by Gasteiger charge is -2.54. The van der Waals surface area contributed by atoms with Crippen LogP contribution in [0, 0.1) is 5.92 Å². The van der Waals surface area contributed by atoms with Crippen molar-refractivity contribution >= 4 is 5.96 Å². The minimum Gasteiger partial charge on any atom is -0.312 e. The highest BCUT2D eigenvalue weighted by molar-refractivity contribution is 5.69. The summed E-state index contributed by atoms with van der Waals surface area (Å²) in [5, 5.41) is 0. The molecule has 3 fully saturated rings. The Morgan fingerprint density at radius 2 is 1.65 bits per heavy atom. The van der Waals surface area contributed by atoms with E-state index in [0.29, 0.717) is 11.9 Å². The van der Waals surface area contributed by atoms with Crippen LogP contribution in [0.25, 0.3) is 0 Å². The molecule has 0 radical (unpaired) electrons. The molecule has 0 amide bonds. The number of quaternary nitrogens is 2. The Labute approximate surface area is 104 Å². The Kier molecular flexibility index (Phi) is 3.32. The van der Waals surface area contributed by atoms with Crippen LogP contribution in [0.3, 0.4) is 0 Å². The largest absolute Gasteiger partial charge is 0.338 e. The molecule has 98 valence electrons. The van der Waals surface area contributed by atoms with Crippen molar-refractivity contribution in [2.45, 2.75) is 6.92 Å². The van der Waals surface area contributed by atoms with Gasteiger partial charge in [-0.05, 0) is 0 Å². The summed E-state index contributed by atoms with van der Waals surface area (Å²) in [6.45, 7) is 12.6. The number of guanidine groups is 1. The fourth-order valence-corrected chi connectivity index (χ4v) is 3.32. The van der Waals surface area contributed by atoms with Crippen molar-refractivity contribution in [1.29, 1.82) is 0 Å². The Balaban J connectivity index is 1.88. The first-order valence-corrected chi connectivity index (χ1v) is 6.74. The topological polar surface area (TPSA) is 66.0 Å². The Hall–Kier alpha value is -0.810. The summed E-state index contributed by atoms with van der Waals surface area (Å²) in [4.78, 5) is 3.05. The zero-order valence-electron chi connectivity index (χ0n) is 11.3. The van der Waals surface area contributed by atoms with Gasteiger partial charge in [-0.1, -0.05) is 6.92 Å². The van der Waals surface area contributed by atoms with Crippen molar-refractivity contribution in [2.24, 2.45) is 17.4 Å². The predicted octanol–water partition coefficient (Wildman–Crippen LogP) is -2.73. The van der Waals surface area contributed by atoms with Crippen LogP contribution < -0.4 is 16.5 Å². The van der Waals surface area contributed by atoms with Gasteiger partial charge in [-0.25, -0.2) is 0 Å². The van der Waals surface area contributed by atoms with Gasteiger partial charge in [0, 0.05) is 5.92 Å². The number of nitrogens with two attached hydrogens (primary N) is 2. The maximum absolute atomic E-state index is 5.44. The second-order valence-electron chi connectivity index (χ2n) is 6.43. The summed E-state index contributed by atoms with van der Waals surface area (Å²) in [6, 6.07) is 0. The SMILES string of the molecule is C[C@@H](C[NH+]=C(N)N)C[N+]12CC[N+](C)(CC1)CC2. The van der Waals surface area contributed by atoms with Gasteiger partial charge in [0.25, 0.3) is 0 Å². The smallest absolute Gasteiger partial charge is 0.312 e. The number of hydrogen-bond acceptors (Lipinski definition) is 0. The molecule has 3 aliphatic heterocycles. The van der Waals surface area contributed by atoms with Crippen molar-refractivity contribution in [3.05, 3.63) is 0 Å². The van der Waals surface area contributed by atoms with Gasteiger partial charge in [0.05, 0.1) is 20.1 Å². The lowest BCUT2D eigenvalue weighted by molar-refractivity contribution is -1.07. The second kappa shape index (κ2) is 4.46. The summed E-state index contributed by atoms with van der Waals surface area (Å²) >= 11 is 0. The molecule has 5 N–H and O–H groups in total. The molecule has 17 heavy (non-hydrogen) atoms. The first-order valence-electron chi connectivity index (χ1n) is 6.74. The fourth-order valence-electron chi connectivity index (χ4n) is 3.32. The lowest BCUT2D eigenvalue weighted by atomic mass is 10.0. The normalized spacial score (nSPS) is 37.8. The van der Waals surface area contributed by atoms with E-state index in [1.165, 1.54) is 54.8 Å². The monoisotopic (exact) mass is 242 g/mol. The van der Waals surface area contributed by atoms with Crippen LogP contribution in [-0.4, -0.2) is 74.3 Å². The highest BCUT2D eigenvalue weighted by Gasteiger charge is 2.46. The fraction of sp³-hybridized carbons (Fsp3) is 0.917. The van der Waals surface area contributed by atoms with Gasteiger partial charge >= 0.3 is 5.96 Å². The van der Waals surface area contributed by atoms with Crippen LogP contribution in [0.5, 0.6) is 0 Å². The molecule has 2 bridgehead atoms. The van der Waals surface area contributed by atoms with Crippen molar-refractivity contribution in [1.82, 2.24) is 0 Å². The van der Waals surface area contributed by atoms with E-state index in [1.807, 2.05) is 0 Å². The number of rotatable bonds is 4. The zero-order valence-corrected chi connectivity index (χ0v) is 11.3. The summed E-state index contributed by atoms with van der Waals surface area (Å²) < 4.78 is 2.62. The highest BCUT2D eigenvalue weighted by Crippen LogP contribution is 2.25. The van der Waals surface area contributed by atoms with Crippen molar-refractivity contribution in [3.63, 3.8) is 0 Å². The molecular formula is C12H28N5+3. The minimum atomic E-state index is 0.346. The number of nitrogens with one attached hydrogen (secondary N) is 1. The van der Waals surface area contributed by atoms with Crippen molar-refractivity contribution in [2.75, 3.05) is 59.4 Å². The third-order valence-electron chi connectivity index (χ3n) is 4.70. The number of likely N-dealkylation sites (N-methyl/N-ethyl adjacent to an activating group) is 1. The molecule has 0 aliphatic carbocycles. The molecule has 0 spiro atoms. The molecule has 3 aliphatic rings. The average molecular weight is 242 g/mol. The van der Waals surface area contributed by atoms with Crippen LogP contribution >= 0.6 is 0 Å². The van der Waals surface area contributed by atoms with E-state index in [-0.39, 0.29) is 0 Å². The average Bonchev–Trinajstić information content (AvgIpc) is 2.29. The second-order valence-corrected chi connectivity index (χ2v) is 6.43. The quantitative estimate of drug-likeness (QED) is 0.285. The number of nitrogens with zero attached hydrogens (tertiary/aromatic N) is 2. The molecular weight excluding hydrogens is 214 g/mol. The van der Waals surface area contributed by atoms with E-state index in [9.17, 15) is 0 Å². The molecule has 3 heterocycles. The number of fused-ring (bicyclic) bond motifs is 3. The maximum atomic E-state index is 5.44. The molecule has 0 aromatic rings. The lowest BCUT2D eigenvalue weighted by Crippen LogP contribution is -2.80. The van der Waals surface area contributed by atoms with E-state index in [1.54, 1.807) is 0 Å². The van der Waals surface area contributed by atoms with Crippen LogP contribution in [-0.2, 0) is 0 Å². The van der Waals surface area contributed by atoms with Gasteiger partial charge < -0.3 is 8.97 Å². The summed E-state index contributed by atoms with van der Waals surface area (Å²) in [7, 11) is 2.40. The molecule has 5 nitrogen and oxygen atoms in total. The van der Waals surface area contributed by atoms with Gasteiger partial charge in [0.1, 0.15) is 39.3 Å². The molecule has 1 atom stereocenters. The maximum Gasteiger partial charge on any atom is 0.338 e. The summed E-state index contributed by atoms with van der Waals surface area (Å²) in [5.74, 6) is 0.977. The van der Waals surface area contributed by atoms with Gasteiger partial charge in [-0.15, -0.1) is 0 Å². The van der Waals surface area contributed by atoms with Crippen molar-refractivity contribution < 1.29 is 14.0 Å². The van der Waals surface area contributed by atoms with E-state index < -0.39 is 0 Å². The molecule has 0 aromatic carbocycles. The van der Waals surface area contributed by atoms with Gasteiger partial charge in [-0.2, -0.15) is 0 Å². The molecule has 0 saturated carbocycles. The predicted molar refractivity (Wildman–Crippen MR) is 68.9 cm³/mol. The first kappa shape index (κ1) is 12.6. The molecule has 0 aromatic heterocycles. The van der Waals surface area contributed by atoms with Crippen LogP contribution in [0.2, 0.25) is 0 Å². The summed E-state index contributed by atoms with van der Waals surface area (Å²) in [5.41, 5.74) is 10.9.